The van der Waals surface area contributed by atoms with Gasteiger partial charge in [-0.25, -0.2) is 4.98 Å². The lowest BCUT2D eigenvalue weighted by Gasteiger charge is -2.13. The molecule has 0 aliphatic heterocycles. The summed E-state index contributed by atoms with van der Waals surface area (Å²) in [5.41, 5.74) is -0.574. The highest BCUT2D eigenvalue weighted by molar-refractivity contribution is 7.87. The maximum Gasteiger partial charge on any atom is 0.433 e. The van der Waals surface area contributed by atoms with E-state index < -0.39 is 27.7 Å². The summed E-state index contributed by atoms with van der Waals surface area (Å²) in [4.78, 5) is 3.33. The van der Waals surface area contributed by atoms with Gasteiger partial charge in [-0.1, -0.05) is 29.3 Å². The van der Waals surface area contributed by atoms with Gasteiger partial charge in [0.1, 0.15) is 10.6 Å². The molecule has 0 N–H and O–H groups in total. The van der Waals surface area contributed by atoms with Crippen molar-refractivity contribution in [3.05, 3.63) is 64.8 Å². The number of pyridine rings is 1. The molecular formula is C17H11ClF3NO3S. The van der Waals surface area contributed by atoms with E-state index in [0.29, 0.717) is 6.07 Å². The Morgan fingerprint density at radius 3 is 2.31 bits per heavy atom. The Hall–Kier alpha value is -2.32. The van der Waals surface area contributed by atoms with Gasteiger partial charge in [-0.2, -0.15) is 21.6 Å². The van der Waals surface area contributed by atoms with E-state index in [1.165, 1.54) is 30.3 Å². The van der Waals surface area contributed by atoms with Crippen LogP contribution in [-0.4, -0.2) is 13.4 Å². The lowest BCUT2D eigenvalue weighted by atomic mass is 10.2. The van der Waals surface area contributed by atoms with Crippen LogP contribution in [0.25, 0.3) is 10.9 Å². The quantitative estimate of drug-likeness (QED) is 0.580. The molecule has 0 saturated carbocycles. The first-order valence-electron chi connectivity index (χ1n) is 7.25. The zero-order chi connectivity index (χ0) is 19.1. The van der Waals surface area contributed by atoms with Crippen LogP contribution < -0.4 is 4.18 Å². The summed E-state index contributed by atoms with van der Waals surface area (Å²) in [7, 11) is -4.32. The molecule has 4 nitrogen and oxygen atoms in total. The van der Waals surface area contributed by atoms with Crippen LogP contribution in [0.5, 0.6) is 5.75 Å². The van der Waals surface area contributed by atoms with Crippen LogP contribution in [0.3, 0.4) is 0 Å². The Morgan fingerprint density at radius 1 is 1.04 bits per heavy atom. The molecule has 26 heavy (non-hydrogen) atoms. The lowest BCUT2D eigenvalue weighted by Crippen LogP contribution is -2.13. The SMILES string of the molecule is Cc1ccc(S(=O)(=O)Oc2cc(C(F)(F)F)nc3cc(Cl)ccc23)cc1. The Balaban J connectivity index is 2.15. The molecule has 1 aromatic heterocycles. The minimum Gasteiger partial charge on any atom is -0.378 e. The third-order valence-electron chi connectivity index (χ3n) is 3.53. The summed E-state index contributed by atoms with van der Waals surface area (Å²) in [6.45, 7) is 1.77. The summed E-state index contributed by atoms with van der Waals surface area (Å²) in [6.07, 6.45) is -4.78. The largest absolute Gasteiger partial charge is 0.433 e. The molecule has 0 saturated heterocycles. The molecule has 2 aromatic carbocycles. The normalized spacial score (nSPS) is 12.3. The Kier molecular flexibility index (Phi) is 4.58. The minimum atomic E-state index is -4.78. The van der Waals surface area contributed by atoms with Crippen molar-refractivity contribution in [2.45, 2.75) is 18.0 Å². The summed E-state index contributed by atoms with van der Waals surface area (Å²) in [5.74, 6) is -0.473. The first kappa shape index (κ1) is 18.5. The van der Waals surface area contributed by atoms with Crippen LogP contribution in [0.4, 0.5) is 13.2 Å². The number of alkyl halides is 3. The summed E-state index contributed by atoms with van der Waals surface area (Å²) >= 11 is 5.80. The second-order valence-electron chi connectivity index (χ2n) is 5.52. The van der Waals surface area contributed by atoms with Crippen molar-refractivity contribution in [1.82, 2.24) is 4.98 Å². The van der Waals surface area contributed by atoms with Crippen LogP contribution in [0.15, 0.2) is 53.4 Å². The highest BCUT2D eigenvalue weighted by atomic mass is 35.5. The first-order valence-corrected chi connectivity index (χ1v) is 9.03. The molecule has 0 spiro atoms. The van der Waals surface area contributed by atoms with Crippen LogP contribution in [0, 0.1) is 6.92 Å². The topological polar surface area (TPSA) is 56.3 Å². The third-order valence-corrected chi connectivity index (χ3v) is 5.02. The molecular weight excluding hydrogens is 391 g/mol. The van der Waals surface area contributed by atoms with Crippen molar-refractivity contribution in [3.8, 4) is 5.75 Å². The highest BCUT2D eigenvalue weighted by Crippen LogP contribution is 2.36. The molecule has 9 heteroatoms. The number of hydrogen-bond donors (Lipinski definition) is 0. The first-order chi connectivity index (χ1) is 12.1. The monoisotopic (exact) mass is 401 g/mol. The van der Waals surface area contributed by atoms with Crippen LogP contribution >= 0.6 is 11.6 Å². The van der Waals surface area contributed by atoms with Gasteiger partial charge in [0.05, 0.1) is 5.52 Å². The van der Waals surface area contributed by atoms with Crippen molar-refractivity contribution < 1.29 is 25.8 Å². The number of aryl methyl sites for hydroxylation is 1. The zero-order valence-corrected chi connectivity index (χ0v) is 14.8. The van der Waals surface area contributed by atoms with Crippen molar-refractivity contribution in [2.75, 3.05) is 0 Å². The number of nitrogens with zero attached hydrogens (tertiary/aromatic N) is 1. The molecule has 0 fully saturated rings. The number of rotatable bonds is 3. The molecule has 0 bridgehead atoms. The lowest BCUT2D eigenvalue weighted by molar-refractivity contribution is -0.141. The molecule has 1 heterocycles. The van der Waals surface area contributed by atoms with Crippen molar-refractivity contribution in [3.63, 3.8) is 0 Å². The van der Waals surface area contributed by atoms with Gasteiger partial charge in [0.25, 0.3) is 0 Å². The summed E-state index contributed by atoms with van der Waals surface area (Å²) in [6, 6.07) is 10.3. The van der Waals surface area contributed by atoms with Gasteiger partial charge in [-0.3, -0.25) is 0 Å². The number of aromatic nitrogens is 1. The highest BCUT2D eigenvalue weighted by Gasteiger charge is 2.34. The maximum absolute atomic E-state index is 13.1. The molecule has 0 atom stereocenters. The smallest absolute Gasteiger partial charge is 0.378 e. The van der Waals surface area contributed by atoms with E-state index >= 15 is 0 Å². The molecule has 0 unspecified atom stereocenters. The zero-order valence-electron chi connectivity index (χ0n) is 13.2. The Labute approximate surface area is 152 Å². The maximum atomic E-state index is 13.1. The van der Waals surface area contributed by atoms with Gasteiger partial charge in [0.2, 0.25) is 0 Å². The standard InChI is InChI=1S/C17H11ClF3NO3S/c1-10-2-5-12(6-3-10)26(23,24)25-15-9-16(17(19,20)21)22-14-8-11(18)4-7-13(14)15/h2-9H,1H3. The average Bonchev–Trinajstić information content (AvgIpc) is 2.53. The van der Waals surface area contributed by atoms with Crippen LogP contribution in [-0.2, 0) is 16.3 Å². The van der Waals surface area contributed by atoms with Crippen LogP contribution in [0.2, 0.25) is 5.02 Å². The van der Waals surface area contributed by atoms with Gasteiger partial charge in [0.15, 0.2) is 5.75 Å². The average molecular weight is 402 g/mol. The van der Waals surface area contributed by atoms with E-state index in [1.54, 1.807) is 19.1 Å². The fourth-order valence-electron chi connectivity index (χ4n) is 2.26. The fraction of sp³-hybridized carbons (Fsp3) is 0.118. The summed E-state index contributed by atoms with van der Waals surface area (Å²) in [5, 5.41) is 0.259. The summed E-state index contributed by atoms with van der Waals surface area (Å²) < 4.78 is 69.2. The predicted octanol–water partition coefficient (Wildman–Crippen LogP) is 4.98. The van der Waals surface area contributed by atoms with E-state index in [0.717, 1.165) is 5.56 Å². The number of benzene rings is 2. The van der Waals surface area contributed by atoms with Gasteiger partial charge >= 0.3 is 16.3 Å². The van der Waals surface area contributed by atoms with E-state index in [1.807, 2.05) is 0 Å². The molecule has 136 valence electrons. The number of fused-ring (bicyclic) bond motifs is 1. The number of halogens is 4. The van der Waals surface area contributed by atoms with Crippen molar-refractivity contribution in [1.29, 1.82) is 0 Å². The Morgan fingerprint density at radius 2 is 1.69 bits per heavy atom. The van der Waals surface area contributed by atoms with Gasteiger partial charge in [0, 0.05) is 16.5 Å². The molecule has 0 radical (unpaired) electrons. The van der Waals surface area contributed by atoms with Crippen LogP contribution in [0.1, 0.15) is 11.3 Å². The van der Waals surface area contributed by atoms with E-state index in [4.69, 9.17) is 15.8 Å². The van der Waals surface area contributed by atoms with Crippen molar-refractivity contribution >= 4 is 32.6 Å². The molecule has 3 rings (SSSR count). The second-order valence-corrected chi connectivity index (χ2v) is 7.50. The van der Waals surface area contributed by atoms with E-state index in [9.17, 15) is 21.6 Å². The molecule has 0 aliphatic carbocycles. The fourth-order valence-corrected chi connectivity index (χ4v) is 3.36. The van der Waals surface area contributed by atoms with Crippen molar-refractivity contribution in [2.24, 2.45) is 0 Å². The minimum absolute atomic E-state index is 0.0955. The van der Waals surface area contributed by atoms with Gasteiger partial charge in [-0.05, 0) is 37.3 Å². The molecule has 3 aromatic rings. The molecule has 0 aliphatic rings. The predicted molar refractivity (Wildman–Crippen MR) is 90.7 cm³/mol. The third kappa shape index (κ3) is 3.76. The van der Waals surface area contributed by atoms with E-state index in [2.05, 4.69) is 4.98 Å². The molecule has 0 amide bonds. The number of hydrogen-bond acceptors (Lipinski definition) is 4. The van der Waals surface area contributed by atoms with Gasteiger partial charge in [-0.15, -0.1) is 0 Å². The second kappa shape index (κ2) is 6.44. The Bertz CT molecular complexity index is 1080. The van der Waals surface area contributed by atoms with E-state index in [-0.39, 0.29) is 20.8 Å². The van der Waals surface area contributed by atoms with Gasteiger partial charge < -0.3 is 4.18 Å².